The van der Waals surface area contributed by atoms with Gasteiger partial charge in [-0.05, 0) is 7.05 Å². The van der Waals surface area contributed by atoms with Crippen LogP contribution in [0.2, 0.25) is 0 Å². The Morgan fingerprint density at radius 1 is 1.62 bits per heavy atom. The predicted molar refractivity (Wildman–Crippen MR) is 31.2 cm³/mol. The molecule has 0 atom stereocenters. The van der Waals surface area contributed by atoms with Crippen molar-refractivity contribution in [2.24, 2.45) is 0 Å². The van der Waals surface area contributed by atoms with Crippen molar-refractivity contribution in [3.05, 3.63) is 18.8 Å². The maximum Gasteiger partial charge on any atom is 2.00 e. The summed E-state index contributed by atoms with van der Waals surface area (Å²) in [5.41, 5.74) is 0. The average molecular weight is 281 g/mol. The first-order chi connectivity index (χ1) is 3.31. The molecular formula is C6H11NW. The molecule has 0 spiro atoms. The van der Waals surface area contributed by atoms with Crippen molar-refractivity contribution in [1.29, 1.82) is 0 Å². The summed E-state index contributed by atoms with van der Waals surface area (Å²) in [6, 6.07) is 0. The van der Waals surface area contributed by atoms with Gasteiger partial charge in [-0.2, -0.15) is 13.8 Å². The fourth-order valence-corrected chi connectivity index (χ4v) is 0.278. The van der Waals surface area contributed by atoms with E-state index in [2.05, 4.69) is 6.08 Å². The maximum absolute atomic E-state index is 2.89. The summed E-state index contributed by atoms with van der Waals surface area (Å²) < 4.78 is 0. The van der Waals surface area contributed by atoms with Crippen molar-refractivity contribution in [3.63, 3.8) is 0 Å². The molecule has 0 N–H and O–H groups in total. The van der Waals surface area contributed by atoms with E-state index in [9.17, 15) is 0 Å². The van der Waals surface area contributed by atoms with Crippen molar-refractivity contribution in [2.75, 3.05) is 7.05 Å². The zero-order chi connectivity index (χ0) is 5.70. The molecule has 0 fully saturated rings. The van der Waals surface area contributed by atoms with Crippen molar-refractivity contribution in [3.8, 4) is 0 Å². The first-order valence-corrected chi connectivity index (χ1v) is 2.33. The third-order valence-corrected chi connectivity index (χ3v) is 0.740. The summed E-state index contributed by atoms with van der Waals surface area (Å²) in [4.78, 5) is 1.94. The van der Waals surface area contributed by atoms with Crippen LogP contribution in [0.4, 0.5) is 0 Å². The quantitative estimate of drug-likeness (QED) is 0.692. The van der Waals surface area contributed by atoms with Gasteiger partial charge in [-0.15, -0.1) is 0 Å². The molecule has 8 heavy (non-hydrogen) atoms. The van der Waals surface area contributed by atoms with Gasteiger partial charge in [-0.1, -0.05) is 0 Å². The van der Waals surface area contributed by atoms with Crippen molar-refractivity contribution >= 4 is 0 Å². The predicted octanol–water partition coefficient (Wildman–Crippen LogP) is 1.43. The normalized spacial score (nSPS) is 8.88. The maximum atomic E-state index is 2.89. The van der Waals surface area contributed by atoms with Crippen LogP contribution in [0.1, 0.15) is 13.8 Å². The molecule has 0 saturated heterocycles. The van der Waals surface area contributed by atoms with Crippen LogP contribution in [0, 0.1) is 12.6 Å². The Hall–Kier alpha value is 0.228. The minimum absolute atomic E-state index is 0. The van der Waals surface area contributed by atoms with Crippen molar-refractivity contribution in [2.45, 2.75) is 13.8 Å². The molecular weight excluding hydrogens is 270 g/mol. The van der Waals surface area contributed by atoms with E-state index in [0.29, 0.717) is 0 Å². The molecule has 0 bridgehead atoms. The summed E-state index contributed by atoms with van der Waals surface area (Å²) in [6.45, 7) is 5.82. The molecule has 0 radical (unpaired) electrons. The molecule has 0 saturated carbocycles. The van der Waals surface area contributed by atoms with Gasteiger partial charge >= 0.3 is 21.1 Å². The molecule has 0 aliphatic heterocycles. The average Bonchev–Trinajstić information content (AvgIpc) is 1.68. The van der Waals surface area contributed by atoms with E-state index >= 15 is 0 Å². The van der Waals surface area contributed by atoms with Crippen LogP contribution >= 0.6 is 0 Å². The molecule has 0 rings (SSSR count). The smallest absolute Gasteiger partial charge is 0.560 e. The third kappa shape index (κ3) is 6.23. The van der Waals surface area contributed by atoms with Gasteiger partial charge in [0, 0.05) is 0 Å². The largest absolute Gasteiger partial charge is 2.00 e. The van der Waals surface area contributed by atoms with Crippen molar-refractivity contribution in [1.82, 2.24) is 4.90 Å². The molecule has 0 aliphatic carbocycles. The topological polar surface area (TPSA) is 3.24 Å². The van der Waals surface area contributed by atoms with Crippen LogP contribution < -0.4 is 0 Å². The van der Waals surface area contributed by atoms with E-state index in [0.717, 1.165) is 0 Å². The van der Waals surface area contributed by atoms with Gasteiger partial charge in [0.25, 0.3) is 0 Å². The second-order valence-electron chi connectivity index (χ2n) is 1.34. The van der Waals surface area contributed by atoms with Gasteiger partial charge < -0.3 is 11.0 Å². The van der Waals surface area contributed by atoms with E-state index in [-0.39, 0.29) is 21.1 Å². The van der Waals surface area contributed by atoms with Gasteiger partial charge in [0.15, 0.2) is 0 Å². The molecule has 0 aromatic rings. The zero-order valence-corrected chi connectivity index (χ0v) is 8.44. The number of hydrogen-bond acceptors (Lipinski definition) is 1. The number of nitrogens with zero attached hydrogens (tertiary/aromatic N) is 1. The first-order valence-electron chi connectivity index (χ1n) is 2.33. The monoisotopic (exact) mass is 281 g/mol. The van der Waals surface area contributed by atoms with E-state index in [1.54, 1.807) is 0 Å². The molecule has 0 amide bonds. The standard InChI is InChI=1S/C6H11N.W/c1-4-6-7(3)5-2;/h5-6H,1-3H3;/q-2;+2. The van der Waals surface area contributed by atoms with E-state index in [1.165, 1.54) is 0 Å². The molecule has 0 heterocycles. The van der Waals surface area contributed by atoms with Crippen LogP contribution in [-0.4, -0.2) is 11.9 Å². The second-order valence-corrected chi connectivity index (χ2v) is 1.34. The summed E-state index contributed by atoms with van der Waals surface area (Å²) >= 11 is 0. The Bertz CT molecular complexity index is 61.5. The third-order valence-electron chi connectivity index (χ3n) is 0.740. The fraction of sp³-hybridized carbons (Fsp3) is 0.500. The summed E-state index contributed by atoms with van der Waals surface area (Å²) in [7, 11) is 1.97. The van der Waals surface area contributed by atoms with Gasteiger partial charge in [0.05, 0.1) is 0 Å². The minimum Gasteiger partial charge on any atom is -0.560 e. The summed E-state index contributed by atoms with van der Waals surface area (Å²) in [5.74, 6) is 0. The van der Waals surface area contributed by atoms with Crippen LogP contribution in [0.5, 0.6) is 0 Å². The number of rotatable bonds is 2. The Labute approximate surface area is 66.0 Å². The van der Waals surface area contributed by atoms with Crippen LogP contribution in [-0.2, 0) is 21.1 Å². The Morgan fingerprint density at radius 2 is 2.12 bits per heavy atom. The van der Waals surface area contributed by atoms with E-state index in [4.69, 9.17) is 0 Å². The minimum atomic E-state index is 0. The molecule has 0 aliphatic rings. The number of allylic oxidation sites excluding steroid dienone is 1. The van der Waals surface area contributed by atoms with Gasteiger partial charge in [0.2, 0.25) is 0 Å². The molecule has 0 aromatic heterocycles. The van der Waals surface area contributed by atoms with E-state index in [1.807, 2.05) is 38.5 Å². The van der Waals surface area contributed by atoms with Crippen LogP contribution in [0.25, 0.3) is 0 Å². The molecule has 2 heteroatoms. The van der Waals surface area contributed by atoms with E-state index < -0.39 is 0 Å². The zero-order valence-electron chi connectivity index (χ0n) is 5.51. The van der Waals surface area contributed by atoms with Crippen molar-refractivity contribution < 1.29 is 21.1 Å². The van der Waals surface area contributed by atoms with Gasteiger partial charge in [-0.3, -0.25) is 0 Å². The molecule has 0 aromatic carbocycles. The van der Waals surface area contributed by atoms with Gasteiger partial charge in [-0.25, -0.2) is 12.7 Å². The van der Waals surface area contributed by atoms with Gasteiger partial charge in [0.1, 0.15) is 0 Å². The Balaban J connectivity index is 0. The summed E-state index contributed by atoms with van der Waals surface area (Å²) in [6.07, 6.45) is 4.76. The molecule has 46 valence electrons. The first kappa shape index (κ1) is 11.1. The fourth-order valence-electron chi connectivity index (χ4n) is 0.278. The molecule has 1 nitrogen and oxygen atoms in total. The SMILES string of the molecule is C[C-]=CN(C)[CH-]C.[W+2]. The Kier molecular flexibility index (Phi) is 10.0. The van der Waals surface area contributed by atoms with Crippen LogP contribution in [0.15, 0.2) is 6.20 Å². The molecule has 0 unspecified atom stereocenters. The Morgan fingerprint density at radius 3 is 2.25 bits per heavy atom. The van der Waals surface area contributed by atoms with Crippen LogP contribution in [0.3, 0.4) is 0 Å². The number of hydrogen-bond donors (Lipinski definition) is 0. The second kappa shape index (κ2) is 7.23. The summed E-state index contributed by atoms with van der Waals surface area (Å²) in [5, 5.41) is 0.